The first-order valence-corrected chi connectivity index (χ1v) is 13.9. The first-order chi connectivity index (χ1) is 19.6. The minimum atomic E-state index is -0.938. The molecule has 10 nitrogen and oxygen atoms in total. The van der Waals surface area contributed by atoms with Gasteiger partial charge in [-0.1, -0.05) is 58.0 Å². The normalized spacial score (nSPS) is 27.6. The molecule has 3 aromatic rings. The summed E-state index contributed by atoms with van der Waals surface area (Å²) < 4.78 is 24.3. The van der Waals surface area contributed by atoms with Gasteiger partial charge < -0.3 is 29.3 Å². The molecule has 0 saturated heterocycles. The van der Waals surface area contributed by atoms with Crippen LogP contribution in [0.5, 0.6) is 5.75 Å². The maximum atomic E-state index is 13.5. The van der Waals surface area contributed by atoms with E-state index in [4.69, 9.17) is 23.6 Å². The molecule has 0 fully saturated rings. The molecule has 2 aromatic carbocycles. The van der Waals surface area contributed by atoms with Crippen LogP contribution in [0.3, 0.4) is 0 Å². The lowest BCUT2D eigenvalue weighted by Gasteiger charge is -2.31. The molecule has 0 aliphatic carbocycles. The van der Waals surface area contributed by atoms with Gasteiger partial charge in [-0.2, -0.15) is 0 Å². The number of hydrogen-bond acceptors (Lipinski definition) is 9. The Morgan fingerprint density at radius 1 is 1.12 bits per heavy atom. The predicted octanol–water partition coefficient (Wildman–Crippen LogP) is 3.87. The first-order valence-electron chi connectivity index (χ1n) is 13.9. The van der Waals surface area contributed by atoms with Gasteiger partial charge in [0.1, 0.15) is 23.8 Å². The van der Waals surface area contributed by atoms with Crippen LogP contribution in [0.2, 0.25) is 0 Å². The molecule has 1 unspecified atom stereocenters. The van der Waals surface area contributed by atoms with E-state index in [1.807, 2.05) is 58.0 Å². The second kappa shape index (κ2) is 8.83. The molecular formula is C31H32N4O6. The van der Waals surface area contributed by atoms with Crippen molar-refractivity contribution in [2.75, 3.05) is 19.0 Å². The van der Waals surface area contributed by atoms with Crippen LogP contribution in [0.1, 0.15) is 67.8 Å². The Bertz CT molecular complexity index is 1620. The third kappa shape index (κ3) is 3.69. The summed E-state index contributed by atoms with van der Waals surface area (Å²) in [5, 5.41) is 6.76. The van der Waals surface area contributed by atoms with E-state index in [-0.39, 0.29) is 24.3 Å². The number of rotatable bonds is 2. The quantitative estimate of drug-likeness (QED) is 0.456. The fourth-order valence-electron chi connectivity index (χ4n) is 6.37. The Morgan fingerprint density at radius 2 is 1.93 bits per heavy atom. The molecule has 1 aromatic heterocycles. The zero-order chi connectivity index (χ0) is 28.7. The summed E-state index contributed by atoms with van der Waals surface area (Å²) in [5.74, 6) is 0.836. The van der Waals surface area contributed by atoms with Gasteiger partial charge in [-0.3, -0.25) is 4.79 Å². The topological polar surface area (TPSA) is 124 Å². The van der Waals surface area contributed by atoms with Gasteiger partial charge in [0.15, 0.2) is 23.7 Å². The van der Waals surface area contributed by atoms with Crippen molar-refractivity contribution in [1.82, 2.24) is 10.3 Å². The lowest BCUT2D eigenvalue weighted by molar-refractivity contribution is -0.142. The molecule has 4 aliphatic heterocycles. The number of fused-ring (bicyclic) bond motifs is 4. The number of methoxy groups -OCH3 is 1. The lowest BCUT2D eigenvalue weighted by atomic mass is 9.72. The third-order valence-electron chi connectivity index (χ3n) is 8.46. The molecule has 5 atom stereocenters. The van der Waals surface area contributed by atoms with Gasteiger partial charge >= 0.3 is 5.97 Å². The number of oxazole rings is 1. The average molecular weight is 557 g/mol. The van der Waals surface area contributed by atoms with E-state index in [1.165, 1.54) is 7.11 Å². The van der Waals surface area contributed by atoms with Gasteiger partial charge in [-0.25, -0.2) is 14.8 Å². The zero-order valence-corrected chi connectivity index (χ0v) is 23.6. The fourth-order valence-corrected chi connectivity index (χ4v) is 6.37. The van der Waals surface area contributed by atoms with Crippen molar-refractivity contribution in [3.63, 3.8) is 0 Å². The summed E-state index contributed by atoms with van der Waals surface area (Å²) in [6, 6.07) is 12.7. The molecule has 0 radical (unpaired) electrons. The number of hydrogen-bond donors (Lipinski definition) is 2. The molecule has 41 heavy (non-hydrogen) atoms. The van der Waals surface area contributed by atoms with E-state index >= 15 is 0 Å². The van der Waals surface area contributed by atoms with Gasteiger partial charge in [-0.15, -0.1) is 0 Å². The highest BCUT2D eigenvalue weighted by Crippen LogP contribution is 2.58. The van der Waals surface area contributed by atoms with E-state index < -0.39 is 35.1 Å². The minimum Gasteiger partial charge on any atom is -0.473 e. The van der Waals surface area contributed by atoms with Crippen LogP contribution in [0.15, 0.2) is 51.9 Å². The number of carbonyl (C=O) groups excluding carboxylic acids is 2. The summed E-state index contributed by atoms with van der Waals surface area (Å²) in [7, 11) is 1.32. The summed E-state index contributed by atoms with van der Waals surface area (Å²) in [6.45, 7) is 8.05. The van der Waals surface area contributed by atoms with E-state index in [0.29, 0.717) is 29.5 Å². The van der Waals surface area contributed by atoms with Crippen LogP contribution < -0.4 is 15.4 Å². The lowest BCUT2D eigenvalue weighted by Crippen LogP contribution is -2.41. The number of aromatic nitrogens is 1. The summed E-state index contributed by atoms with van der Waals surface area (Å²) in [5.41, 5.74) is 2.79. The SMILES string of the molecule is COC(=O)C1COC(c2nc3oc2[C@@]24c5ccccc5N[C@@H]2Oc2ccc(cc24)C[C@H](C)C(=O)N[C@H]3C(C)(C)C)=N1. The predicted molar refractivity (Wildman–Crippen MR) is 149 cm³/mol. The first kappa shape index (κ1) is 25.6. The molecular weight excluding hydrogens is 524 g/mol. The molecule has 4 bridgehead atoms. The number of ether oxygens (including phenoxy) is 3. The number of para-hydroxylation sites is 1. The standard InChI is InChI=1S/C31H32N4O6/c1-15-12-16-10-11-21-18(13-16)31(17-8-6-7-9-19(17)33-29(31)40-21)24-22(26-32-20(14-39-26)28(37)38-5)34-27(41-24)23(30(2,3)4)35-25(15)36/h6-11,13,15,20,23,29,33H,12,14H2,1-5H3,(H,35,36)/t15-,20?,23+,29+,31-/m0/s1. The van der Waals surface area contributed by atoms with E-state index in [0.717, 1.165) is 22.4 Å². The van der Waals surface area contributed by atoms with Gasteiger partial charge in [0.25, 0.3) is 0 Å². The summed E-state index contributed by atoms with van der Waals surface area (Å²) in [4.78, 5) is 35.4. The Labute approximate surface area is 237 Å². The fraction of sp³-hybridized carbons (Fsp3) is 0.419. The van der Waals surface area contributed by atoms with Crippen molar-refractivity contribution in [2.45, 2.75) is 57.8 Å². The van der Waals surface area contributed by atoms with Crippen molar-refractivity contribution in [2.24, 2.45) is 16.3 Å². The molecule has 0 saturated carbocycles. The zero-order valence-electron chi connectivity index (χ0n) is 23.6. The molecule has 1 spiro atoms. The number of anilines is 1. The third-order valence-corrected chi connectivity index (χ3v) is 8.46. The van der Waals surface area contributed by atoms with Gasteiger partial charge in [0.05, 0.1) is 7.11 Å². The number of carbonyl (C=O) groups is 2. The molecule has 10 heteroatoms. The molecule has 2 N–H and O–H groups in total. The van der Waals surface area contributed by atoms with E-state index in [9.17, 15) is 9.59 Å². The van der Waals surface area contributed by atoms with Crippen molar-refractivity contribution < 1.29 is 28.2 Å². The number of esters is 1. The summed E-state index contributed by atoms with van der Waals surface area (Å²) >= 11 is 0. The van der Waals surface area contributed by atoms with Crippen molar-refractivity contribution in [1.29, 1.82) is 0 Å². The van der Waals surface area contributed by atoms with Gasteiger partial charge in [0.2, 0.25) is 17.7 Å². The Balaban J connectivity index is 1.55. The van der Waals surface area contributed by atoms with Crippen LogP contribution in [0.25, 0.3) is 0 Å². The van der Waals surface area contributed by atoms with Crippen LogP contribution in [0, 0.1) is 11.3 Å². The van der Waals surface area contributed by atoms with Crippen LogP contribution in [-0.2, 0) is 30.9 Å². The smallest absolute Gasteiger partial charge is 0.334 e. The minimum absolute atomic E-state index is 0.0308. The highest BCUT2D eigenvalue weighted by atomic mass is 16.5. The van der Waals surface area contributed by atoms with Crippen LogP contribution in [-0.4, -0.2) is 48.7 Å². The van der Waals surface area contributed by atoms with Crippen molar-refractivity contribution in [3.05, 3.63) is 76.5 Å². The number of nitrogens with zero attached hydrogens (tertiary/aromatic N) is 2. The number of benzene rings is 2. The van der Waals surface area contributed by atoms with Gasteiger partial charge in [0, 0.05) is 17.2 Å². The highest BCUT2D eigenvalue weighted by Gasteiger charge is 2.61. The maximum Gasteiger partial charge on any atom is 0.334 e. The van der Waals surface area contributed by atoms with Gasteiger partial charge in [-0.05, 0) is 35.1 Å². The number of aliphatic imine (C=N–C) groups is 1. The molecule has 1 amide bonds. The molecule has 5 heterocycles. The monoisotopic (exact) mass is 556 g/mol. The van der Waals surface area contributed by atoms with Crippen molar-refractivity contribution >= 4 is 23.5 Å². The number of amides is 1. The second-order valence-corrected chi connectivity index (χ2v) is 12.3. The Kier molecular flexibility index (Phi) is 5.52. The largest absolute Gasteiger partial charge is 0.473 e. The molecule has 212 valence electrons. The maximum absolute atomic E-state index is 13.5. The Morgan fingerprint density at radius 3 is 2.71 bits per heavy atom. The molecule has 4 aliphatic rings. The van der Waals surface area contributed by atoms with Crippen LogP contribution >= 0.6 is 0 Å². The van der Waals surface area contributed by atoms with Crippen molar-refractivity contribution in [3.8, 4) is 5.75 Å². The van der Waals surface area contributed by atoms with E-state index in [1.54, 1.807) is 0 Å². The molecule has 7 rings (SSSR count). The second-order valence-electron chi connectivity index (χ2n) is 12.3. The van der Waals surface area contributed by atoms with E-state index in [2.05, 4.69) is 27.8 Å². The Hall–Kier alpha value is -4.34. The summed E-state index contributed by atoms with van der Waals surface area (Å²) in [6.07, 6.45) is 0.0212. The highest BCUT2D eigenvalue weighted by molar-refractivity contribution is 5.98. The van der Waals surface area contributed by atoms with Crippen LogP contribution in [0.4, 0.5) is 5.69 Å². The average Bonchev–Trinajstić information content (AvgIpc) is 3.70. The number of nitrogens with one attached hydrogen (secondary N) is 2.